The van der Waals surface area contributed by atoms with E-state index in [1.165, 1.54) is 29.2 Å². The van der Waals surface area contributed by atoms with Gasteiger partial charge in [-0.2, -0.15) is 13.9 Å². The molecule has 0 fully saturated rings. The van der Waals surface area contributed by atoms with Crippen LogP contribution in [0, 0.1) is 0 Å². The van der Waals surface area contributed by atoms with Crippen LogP contribution in [0.3, 0.4) is 0 Å². The lowest BCUT2D eigenvalue weighted by Gasteiger charge is -2.12. The molecule has 2 aromatic heterocycles. The number of alkyl halides is 2. The highest BCUT2D eigenvalue weighted by Gasteiger charge is 2.18. The Morgan fingerprint density at radius 2 is 2.19 bits per heavy atom. The molecule has 7 nitrogen and oxygen atoms in total. The molecule has 0 saturated heterocycles. The third-order valence-electron chi connectivity index (χ3n) is 3.53. The van der Waals surface area contributed by atoms with Gasteiger partial charge in [0.1, 0.15) is 22.9 Å². The summed E-state index contributed by atoms with van der Waals surface area (Å²) in [6.07, 6.45) is 1.23. The number of rotatable bonds is 5. The second-order valence-electron chi connectivity index (χ2n) is 5.33. The number of aryl methyl sites for hydroxylation is 1. The summed E-state index contributed by atoms with van der Waals surface area (Å²) < 4.78 is 28.3. The molecule has 0 spiro atoms. The molecule has 0 aliphatic rings. The zero-order valence-electron chi connectivity index (χ0n) is 13.6. The van der Waals surface area contributed by atoms with Crippen molar-refractivity contribution < 1.29 is 13.6 Å². The van der Waals surface area contributed by atoms with E-state index in [1.807, 2.05) is 0 Å². The second kappa shape index (κ2) is 7.95. The van der Waals surface area contributed by atoms with Gasteiger partial charge in [-0.15, -0.1) is 0 Å². The molecule has 0 aliphatic carbocycles. The molecule has 0 atom stereocenters. The molecule has 0 bridgehead atoms. The van der Waals surface area contributed by atoms with Gasteiger partial charge in [0.05, 0.1) is 15.6 Å². The first-order valence-electron chi connectivity index (χ1n) is 7.38. The molecule has 3 aromatic rings. The number of carbonyl (C=O) groups is 1. The lowest BCUT2D eigenvalue weighted by Crippen LogP contribution is -2.28. The third-order valence-corrected chi connectivity index (χ3v) is 5.37. The van der Waals surface area contributed by atoms with Crippen molar-refractivity contribution in [2.24, 2.45) is 7.05 Å². The maximum absolute atomic E-state index is 12.7. The highest BCUT2D eigenvalue weighted by molar-refractivity contribution is 9.10. The van der Waals surface area contributed by atoms with Crippen LogP contribution in [0.2, 0.25) is 5.02 Å². The first-order valence-corrected chi connectivity index (χ1v) is 9.43. The molecule has 12 heteroatoms. The van der Waals surface area contributed by atoms with Gasteiger partial charge in [-0.05, 0) is 28.1 Å². The van der Waals surface area contributed by atoms with Crippen LogP contribution in [0.4, 0.5) is 14.5 Å². The monoisotopic (exact) mass is 477 g/mol. The van der Waals surface area contributed by atoms with E-state index in [0.29, 0.717) is 10.3 Å². The third kappa shape index (κ3) is 4.14. The number of aromatic nitrogens is 4. The number of nitrogens with zero attached hydrogens (tertiary/aromatic N) is 4. The Morgan fingerprint density at radius 1 is 1.44 bits per heavy atom. The first kappa shape index (κ1) is 19.8. The summed E-state index contributed by atoms with van der Waals surface area (Å²) >= 11 is 9.36. The number of benzene rings is 1. The molecule has 1 N–H and O–H groups in total. The highest BCUT2D eigenvalue weighted by Crippen LogP contribution is 2.37. The van der Waals surface area contributed by atoms with Gasteiger partial charge in [-0.25, -0.2) is 9.67 Å². The van der Waals surface area contributed by atoms with Crippen LogP contribution in [0.1, 0.15) is 0 Å². The SMILES string of the molecule is Cn1nc(Br)c2c(=O)n(CC(=O)Nc3cccc(Cl)c3SC(F)F)cnc21. The molecule has 0 unspecified atom stereocenters. The predicted octanol–water partition coefficient (Wildman–Crippen LogP) is 3.50. The van der Waals surface area contributed by atoms with Gasteiger partial charge in [0, 0.05) is 7.05 Å². The van der Waals surface area contributed by atoms with E-state index in [1.54, 1.807) is 7.05 Å². The minimum atomic E-state index is -2.70. The van der Waals surface area contributed by atoms with Gasteiger partial charge >= 0.3 is 0 Å². The van der Waals surface area contributed by atoms with Crippen molar-refractivity contribution in [3.8, 4) is 0 Å². The first-order chi connectivity index (χ1) is 12.8. The number of anilines is 1. The zero-order valence-corrected chi connectivity index (χ0v) is 16.8. The molecule has 142 valence electrons. The van der Waals surface area contributed by atoms with Gasteiger partial charge in [0.2, 0.25) is 5.91 Å². The summed E-state index contributed by atoms with van der Waals surface area (Å²) in [5, 5.41) is 6.89. The number of amides is 1. The number of carbonyl (C=O) groups excluding carboxylic acids is 1. The fraction of sp³-hybridized carbons (Fsp3) is 0.200. The van der Waals surface area contributed by atoms with Crippen LogP contribution in [-0.2, 0) is 18.4 Å². The Balaban J connectivity index is 1.86. The minimum Gasteiger partial charge on any atom is -0.323 e. The Morgan fingerprint density at radius 3 is 2.89 bits per heavy atom. The van der Waals surface area contributed by atoms with Crippen LogP contribution in [0.5, 0.6) is 0 Å². The van der Waals surface area contributed by atoms with E-state index in [-0.39, 0.29) is 39.3 Å². The second-order valence-corrected chi connectivity index (χ2v) is 7.49. The number of fused-ring (bicyclic) bond motifs is 1. The van der Waals surface area contributed by atoms with Gasteiger partial charge in [0.25, 0.3) is 11.3 Å². The van der Waals surface area contributed by atoms with Crippen molar-refractivity contribution >= 4 is 61.9 Å². The van der Waals surface area contributed by atoms with Crippen LogP contribution in [-0.4, -0.2) is 31.0 Å². The molecular formula is C15H11BrClF2N5O2S. The summed E-state index contributed by atoms with van der Waals surface area (Å²) in [6.45, 7) is -0.353. The number of hydrogen-bond acceptors (Lipinski definition) is 5. The van der Waals surface area contributed by atoms with Gasteiger partial charge in [-0.3, -0.25) is 14.2 Å². The largest absolute Gasteiger partial charge is 0.323 e. The Hall–Kier alpha value is -1.98. The van der Waals surface area contributed by atoms with Crippen molar-refractivity contribution in [3.63, 3.8) is 0 Å². The standard InChI is InChI=1S/C15H11BrClF2N5O2S/c1-23-13-10(12(16)22-23)14(26)24(6-20-13)5-9(25)21-8-4-2-3-7(17)11(8)27-15(18)19/h2-4,6,15H,5H2,1H3,(H,21,25). The summed E-state index contributed by atoms with van der Waals surface area (Å²) in [7, 11) is 1.64. The van der Waals surface area contributed by atoms with E-state index in [2.05, 4.69) is 31.3 Å². The fourth-order valence-corrected chi connectivity index (χ4v) is 3.91. The minimum absolute atomic E-state index is 0.0541. The van der Waals surface area contributed by atoms with Crippen LogP contribution in [0.15, 0.2) is 38.8 Å². The molecule has 1 amide bonds. The van der Waals surface area contributed by atoms with E-state index in [4.69, 9.17) is 11.6 Å². The molecule has 0 radical (unpaired) electrons. The van der Waals surface area contributed by atoms with E-state index >= 15 is 0 Å². The van der Waals surface area contributed by atoms with E-state index in [0.717, 1.165) is 4.57 Å². The maximum atomic E-state index is 12.7. The lowest BCUT2D eigenvalue weighted by molar-refractivity contribution is -0.116. The van der Waals surface area contributed by atoms with E-state index < -0.39 is 17.2 Å². The van der Waals surface area contributed by atoms with Crippen molar-refractivity contribution in [1.82, 2.24) is 19.3 Å². The summed E-state index contributed by atoms with van der Waals surface area (Å²) in [4.78, 5) is 29.1. The average Bonchev–Trinajstić information content (AvgIpc) is 2.88. The molecule has 0 saturated carbocycles. The van der Waals surface area contributed by atoms with Crippen molar-refractivity contribution in [3.05, 3.63) is 44.5 Å². The molecule has 0 aliphatic heterocycles. The van der Waals surface area contributed by atoms with Crippen molar-refractivity contribution in [1.29, 1.82) is 0 Å². The number of nitrogens with one attached hydrogen (secondary N) is 1. The smallest absolute Gasteiger partial charge is 0.289 e. The maximum Gasteiger partial charge on any atom is 0.289 e. The van der Waals surface area contributed by atoms with E-state index in [9.17, 15) is 18.4 Å². The Labute approximate surface area is 168 Å². The summed E-state index contributed by atoms with van der Waals surface area (Å²) in [5.74, 6) is -3.28. The lowest BCUT2D eigenvalue weighted by atomic mass is 10.3. The fourth-order valence-electron chi connectivity index (χ4n) is 2.41. The number of hydrogen-bond donors (Lipinski definition) is 1. The topological polar surface area (TPSA) is 81.8 Å². The van der Waals surface area contributed by atoms with Crippen LogP contribution >= 0.6 is 39.3 Å². The Bertz CT molecular complexity index is 1090. The molecular weight excluding hydrogens is 468 g/mol. The summed E-state index contributed by atoms with van der Waals surface area (Å²) in [6, 6.07) is 4.43. The van der Waals surface area contributed by atoms with Crippen LogP contribution in [0.25, 0.3) is 11.0 Å². The van der Waals surface area contributed by atoms with Gasteiger partial charge < -0.3 is 5.32 Å². The highest BCUT2D eigenvalue weighted by atomic mass is 79.9. The van der Waals surface area contributed by atoms with Crippen molar-refractivity contribution in [2.75, 3.05) is 5.32 Å². The molecule has 2 heterocycles. The molecule has 27 heavy (non-hydrogen) atoms. The Kier molecular flexibility index (Phi) is 5.82. The number of thioether (sulfide) groups is 1. The molecule has 1 aromatic carbocycles. The van der Waals surface area contributed by atoms with Gasteiger partial charge in [0.15, 0.2) is 5.65 Å². The summed E-state index contributed by atoms with van der Waals surface area (Å²) in [5.41, 5.74) is 0.0554. The molecule has 3 rings (SSSR count). The zero-order chi connectivity index (χ0) is 19.7. The average molecular weight is 479 g/mol. The number of halogens is 4. The van der Waals surface area contributed by atoms with Crippen molar-refractivity contribution in [2.45, 2.75) is 17.2 Å². The normalized spacial score (nSPS) is 11.3. The quantitative estimate of drug-likeness (QED) is 0.568. The van der Waals surface area contributed by atoms with Gasteiger partial charge in [-0.1, -0.05) is 29.4 Å². The van der Waals surface area contributed by atoms with Crippen LogP contribution < -0.4 is 10.9 Å². The predicted molar refractivity (Wildman–Crippen MR) is 102 cm³/mol.